The molecule has 0 bridgehead atoms. The number of thiazole rings is 1. The molecule has 2 fully saturated rings. The molecule has 1 aliphatic carbocycles. The van der Waals surface area contributed by atoms with Gasteiger partial charge in [-0.2, -0.15) is 0 Å². The van der Waals surface area contributed by atoms with E-state index in [0.29, 0.717) is 6.04 Å². The van der Waals surface area contributed by atoms with E-state index in [0.717, 1.165) is 47.0 Å². The van der Waals surface area contributed by atoms with Crippen LogP contribution in [0.5, 0.6) is 5.75 Å². The van der Waals surface area contributed by atoms with Crippen molar-refractivity contribution in [3.05, 3.63) is 17.7 Å². The molecule has 2 amide bonds. The third-order valence-electron chi connectivity index (χ3n) is 5.26. The molecule has 1 saturated heterocycles. The van der Waals surface area contributed by atoms with Crippen LogP contribution in [0.3, 0.4) is 0 Å². The van der Waals surface area contributed by atoms with Crippen LogP contribution in [0.15, 0.2) is 12.1 Å². The minimum atomic E-state index is -0.0214. The summed E-state index contributed by atoms with van der Waals surface area (Å²) in [6.07, 6.45) is 2.98. The number of urea groups is 1. The highest BCUT2D eigenvalue weighted by Crippen LogP contribution is 2.40. The lowest BCUT2D eigenvalue weighted by Gasteiger charge is -2.19. The molecule has 1 aromatic heterocycles. The molecule has 7 heteroatoms. The van der Waals surface area contributed by atoms with Crippen molar-refractivity contribution in [1.29, 1.82) is 0 Å². The molecule has 3 heterocycles. The van der Waals surface area contributed by atoms with E-state index in [-0.39, 0.29) is 18.1 Å². The number of carbonyl (C=O) groups is 1. The first-order chi connectivity index (χ1) is 11.3. The Hall–Kier alpha value is -1.86. The maximum atomic E-state index is 12.5. The molecule has 0 spiro atoms. The van der Waals surface area contributed by atoms with Gasteiger partial charge in [0, 0.05) is 18.0 Å². The van der Waals surface area contributed by atoms with E-state index in [1.807, 2.05) is 18.0 Å². The summed E-state index contributed by atoms with van der Waals surface area (Å²) in [6.45, 7) is 0.722. The van der Waals surface area contributed by atoms with E-state index < -0.39 is 0 Å². The van der Waals surface area contributed by atoms with Crippen molar-refractivity contribution >= 4 is 32.7 Å². The number of aromatic nitrogens is 1. The van der Waals surface area contributed by atoms with Gasteiger partial charge in [-0.15, -0.1) is 0 Å². The zero-order valence-corrected chi connectivity index (χ0v) is 13.7. The van der Waals surface area contributed by atoms with E-state index in [1.54, 1.807) is 11.3 Å². The number of nitrogens with zero attached hydrogens (tertiary/aromatic N) is 2. The highest BCUT2D eigenvalue weighted by atomic mass is 32.1. The number of amides is 2. The van der Waals surface area contributed by atoms with Gasteiger partial charge in [0.25, 0.3) is 0 Å². The van der Waals surface area contributed by atoms with Crippen molar-refractivity contribution in [3.63, 3.8) is 0 Å². The number of carbonyl (C=O) groups excluding carboxylic acids is 1. The van der Waals surface area contributed by atoms with Gasteiger partial charge in [-0.25, -0.2) is 9.78 Å². The molecule has 3 atom stereocenters. The fourth-order valence-electron chi connectivity index (χ4n) is 4.14. The maximum Gasteiger partial charge on any atom is 0.324 e. The highest BCUT2D eigenvalue weighted by molar-refractivity contribution is 7.22. The van der Waals surface area contributed by atoms with E-state index in [2.05, 4.69) is 16.7 Å². The van der Waals surface area contributed by atoms with Gasteiger partial charge >= 0.3 is 6.03 Å². The van der Waals surface area contributed by atoms with E-state index in [4.69, 9.17) is 9.72 Å². The Morgan fingerprint density at radius 1 is 1.43 bits per heavy atom. The SMILES string of the molecule is CN[C@H]1CC[C@H]2[C@@H]1NC(=O)N2c1nc2c3c(ccc2s1)OCC3. The first kappa shape index (κ1) is 13.6. The molecule has 23 heavy (non-hydrogen) atoms. The molecule has 0 radical (unpaired) electrons. The van der Waals surface area contributed by atoms with Crippen LogP contribution in [-0.2, 0) is 6.42 Å². The number of hydrogen-bond donors (Lipinski definition) is 2. The van der Waals surface area contributed by atoms with Gasteiger partial charge < -0.3 is 15.4 Å². The summed E-state index contributed by atoms with van der Waals surface area (Å²) in [5.74, 6) is 0.939. The van der Waals surface area contributed by atoms with Gasteiger partial charge in [-0.05, 0) is 32.0 Å². The first-order valence-corrected chi connectivity index (χ1v) is 8.90. The summed E-state index contributed by atoms with van der Waals surface area (Å²) < 4.78 is 6.75. The summed E-state index contributed by atoms with van der Waals surface area (Å²) in [4.78, 5) is 19.2. The van der Waals surface area contributed by atoms with Gasteiger partial charge in [0.2, 0.25) is 0 Å². The number of nitrogens with one attached hydrogen (secondary N) is 2. The highest BCUT2D eigenvalue weighted by Gasteiger charge is 2.48. The lowest BCUT2D eigenvalue weighted by molar-refractivity contribution is 0.249. The largest absolute Gasteiger partial charge is 0.493 e. The number of ether oxygens (including phenoxy) is 1. The van der Waals surface area contributed by atoms with Crippen molar-refractivity contribution in [2.24, 2.45) is 0 Å². The van der Waals surface area contributed by atoms with Gasteiger partial charge in [0.15, 0.2) is 5.13 Å². The van der Waals surface area contributed by atoms with Crippen molar-refractivity contribution in [2.75, 3.05) is 18.6 Å². The molecule has 2 N–H and O–H groups in total. The van der Waals surface area contributed by atoms with Gasteiger partial charge in [-0.1, -0.05) is 11.3 Å². The summed E-state index contributed by atoms with van der Waals surface area (Å²) in [6, 6.07) is 4.77. The Kier molecular flexibility index (Phi) is 2.84. The summed E-state index contributed by atoms with van der Waals surface area (Å²) in [7, 11) is 1.96. The quantitative estimate of drug-likeness (QED) is 0.882. The van der Waals surface area contributed by atoms with Crippen molar-refractivity contribution in [1.82, 2.24) is 15.6 Å². The normalized spacial score (nSPS) is 28.8. The topological polar surface area (TPSA) is 66.5 Å². The second-order valence-corrected chi connectivity index (χ2v) is 7.38. The number of rotatable bonds is 2. The van der Waals surface area contributed by atoms with Gasteiger partial charge in [0.05, 0.1) is 28.9 Å². The Labute approximate surface area is 137 Å². The predicted octanol–water partition coefficient (Wildman–Crippen LogP) is 1.88. The Morgan fingerprint density at radius 2 is 2.35 bits per heavy atom. The van der Waals surface area contributed by atoms with Crippen molar-refractivity contribution < 1.29 is 9.53 Å². The molecule has 3 aliphatic rings. The number of fused-ring (bicyclic) bond motifs is 4. The molecular formula is C16H18N4O2S. The summed E-state index contributed by atoms with van der Waals surface area (Å²) >= 11 is 1.60. The minimum absolute atomic E-state index is 0.0214. The van der Waals surface area contributed by atoms with Crippen molar-refractivity contribution in [2.45, 2.75) is 37.4 Å². The van der Waals surface area contributed by atoms with Crippen LogP contribution in [0.1, 0.15) is 18.4 Å². The molecule has 2 aliphatic heterocycles. The molecule has 5 rings (SSSR count). The third kappa shape index (κ3) is 1.83. The zero-order chi connectivity index (χ0) is 15.6. The van der Waals surface area contributed by atoms with Gasteiger partial charge in [0.1, 0.15) is 5.75 Å². The summed E-state index contributed by atoms with van der Waals surface area (Å²) in [5, 5.41) is 7.25. The number of benzene rings is 1. The Balaban J connectivity index is 1.57. The molecule has 2 aromatic rings. The molecule has 120 valence electrons. The number of hydrogen-bond acceptors (Lipinski definition) is 5. The van der Waals surface area contributed by atoms with Gasteiger partial charge in [-0.3, -0.25) is 4.90 Å². The molecule has 1 saturated carbocycles. The van der Waals surface area contributed by atoms with Crippen LogP contribution in [0, 0.1) is 0 Å². The van der Waals surface area contributed by atoms with E-state index >= 15 is 0 Å². The standard InChI is InChI=1S/C16H18N4O2S/c1-17-9-2-3-10-14(9)18-15(21)20(10)16-19-13-8-6-7-22-11(8)4-5-12(13)23-16/h4-5,9-10,14,17H,2-3,6-7H2,1H3,(H,18,21)/t9-,10-,14+/m0/s1. The first-order valence-electron chi connectivity index (χ1n) is 8.08. The van der Waals surface area contributed by atoms with Crippen LogP contribution in [-0.4, -0.2) is 42.8 Å². The number of likely N-dealkylation sites (N-methyl/N-ethyl adjacent to an activating group) is 1. The lowest BCUT2D eigenvalue weighted by Crippen LogP contribution is -2.43. The molecular weight excluding hydrogens is 312 g/mol. The second-order valence-electron chi connectivity index (χ2n) is 6.37. The Morgan fingerprint density at radius 3 is 3.22 bits per heavy atom. The smallest absolute Gasteiger partial charge is 0.324 e. The lowest BCUT2D eigenvalue weighted by atomic mass is 10.1. The fourth-order valence-corrected chi connectivity index (χ4v) is 5.19. The Bertz CT molecular complexity index is 805. The van der Waals surface area contributed by atoms with Crippen LogP contribution < -0.4 is 20.3 Å². The average molecular weight is 330 g/mol. The van der Waals surface area contributed by atoms with Crippen LogP contribution in [0.25, 0.3) is 10.2 Å². The molecule has 0 unspecified atom stereocenters. The van der Waals surface area contributed by atoms with Crippen LogP contribution >= 0.6 is 11.3 Å². The van der Waals surface area contributed by atoms with E-state index in [9.17, 15) is 4.79 Å². The average Bonchev–Trinajstić information content (AvgIpc) is 3.27. The molecule has 1 aromatic carbocycles. The predicted molar refractivity (Wildman–Crippen MR) is 89.5 cm³/mol. The van der Waals surface area contributed by atoms with Crippen molar-refractivity contribution in [3.8, 4) is 5.75 Å². The molecule has 6 nitrogen and oxygen atoms in total. The maximum absolute atomic E-state index is 12.5. The fraction of sp³-hybridized carbons (Fsp3) is 0.500. The minimum Gasteiger partial charge on any atom is -0.493 e. The number of anilines is 1. The monoisotopic (exact) mass is 330 g/mol. The second kappa shape index (κ2) is 4.82. The third-order valence-corrected chi connectivity index (χ3v) is 6.28. The van der Waals surface area contributed by atoms with Crippen LogP contribution in [0.4, 0.5) is 9.93 Å². The summed E-state index contributed by atoms with van der Waals surface area (Å²) in [5.41, 5.74) is 2.18. The van der Waals surface area contributed by atoms with E-state index in [1.165, 1.54) is 5.56 Å². The van der Waals surface area contributed by atoms with Crippen LogP contribution in [0.2, 0.25) is 0 Å². The zero-order valence-electron chi connectivity index (χ0n) is 12.8.